The van der Waals surface area contributed by atoms with Gasteiger partial charge in [0.15, 0.2) is 0 Å². The molecule has 36 heavy (non-hydrogen) atoms. The van der Waals surface area contributed by atoms with Crippen molar-refractivity contribution in [3.05, 3.63) is 106 Å². The number of thioether (sulfide) groups is 1. The number of amides is 2. The van der Waals surface area contributed by atoms with Crippen LogP contribution in [0.1, 0.15) is 17.5 Å². The zero-order chi connectivity index (χ0) is 24.9. The fourth-order valence-electron chi connectivity index (χ4n) is 4.27. The van der Waals surface area contributed by atoms with Crippen molar-refractivity contribution in [3.8, 4) is 5.75 Å². The predicted octanol–water partition coefficient (Wildman–Crippen LogP) is 7.04. The number of carbonyl (C=O) groups is 2. The third-order valence-electron chi connectivity index (χ3n) is 6.08. The number of halogens is 1. The van der Waals surface area contributed by atoms with Gasteiger partial charge in [-0.25, -0.2) is 0 Å². The largest absolute Gasteiger partial charge is 0.492 e. The lowest BCUT2D eigenvalue weighted by atomic mass is 10.1. The molecular weight excluding hydrogens is 492 g/mol. The SMILES string of the molecule is O=C1S/C(=C\c2cn(CCCOc3ccccc3Cl)c3ccccc23)C(=O)N1CCc1ccccc1. The Morgan fingerprint density at radius 2 is 1.64 bits per heavy atom. The predicted molar refractivity (Wildman–Crippen MR) is 146 cm³/mol. The van der Waals surface area contributed by atoms with Gasteiger partial charge in [0.1, 0.15) is 5.75 Å². The van der Waals surface area contributed by atoms with Crippen molar-refractivity contribution in [2.24, 2.45) is 0 Å². The summed E-state index contributed by atoms with van der Waals surface area (Å²) < 4.78 is 7.99. The van der Waals surface area contributed by atoms with Crippen LogP contribution < -0.4 is 4.74 Å². The molecule has 1 aliphatic heterocycles. The molecule has 182 valence electrons. The van der Waals surface area contributed by atoms with E-state index in [1.54, 1.807) is 0 Å². The van der Waals surface area contributed by atoms with E-state index in [1.807, 2.05) is 85.1 Å². The van der Waals surface area contributed by atoms with Crippen LogP contribution in [0.15, 0.2) is 90.0 Å². The average Bonchev–Trinajstić information content (AvgIpc) is 3.38. The number of ether oxygens (including phenoxy) is 1. The van der Waals surface area contributed by atoms with E-state index in [9.17, 15) is 9.59 Å². The smallest absolute Gasteiger partial charge is 0.293 e. The van der Waals surface area contributed by atoms with E-state index in [0.29, 0.717) is 35.2 Å². The molecule has 1 fully saturated rings. The topological polar surface area (TPSA) is 51.5 Å². The van der Waals surface area contributed by atoms with Gasteiger partial charge in [0.2, 0.25) is 0 Å². The van der Waals surface area contributed by atoms with E-state index in [1.165, 1.54) is 4.90 Å². The Kier molecular flexibility index (Phi) is 7.44. The maximum atomic E-state index is 13.0. The van der Waals surface area contributed by atoms with Crippen molar-refractivity contribution < 1.29 is 14.3 Å². The Morgan fingerprint density at radius 1 is 0.889 bits per heavy atom. The van der Waals surface area contributed by atoms with Gasteiger partial charge >= 0.3 is 0 Å². The molecule has 1 aliphatic rings. The Hall–Kier alpha value is -3.48. The fourth-order valence-corrected chi connectivity index (χ4v) is 5.32. The molecule has 2 amide bonds. The Balaban J connectivity index is 1.29. The lowest BCUT2D eigenvalue weighted by Gasteiger charge is -2.12. The van der Waals surface area contributed by atoms with Gasteiger partial charge in [0.05, 0.1) is 16.5 Å². The first-order valence-electron chi connectivity index (χ1n) is 11.8. The lowest BCUT2D eigenvalue weighted by molar-refractivity contribution is -0.122. The minimum atomic E-state index is -0.231. The molecule has 5 rings (SSSR count). The second-order valence-corrected chi connectivity index (χ2v) is 9.90. The zero-order valence-electron chi connectivity index (χ0n) is 19.6. The van der Waals surface area contributed by atoms with E-state index in [4.69, 9.17) is 16.3 Å². The molecule has 5 nitrogen and oxygen atoms in total. The lowest BCUT2D eigenvalue weighted by Crippen LogP contribution is -2.30. The molecule has 4 aromatic rings. The van der Waals surface area contributed by atoms with Gasteiger partial charge in [-0.05, 0) is 54.4 Å². The highest BCUT2D eigenvalue weighted by Gasteiger charge is 2.34. The van der Waals surface area contributed by atoms with Gasteiger partial charge in [0.25, 0.3) is 11.1 Å². The van der Waals surface area contributed by atoms with E-state index >= 15 is 0 Å². The highest BCUT2D eigenvalue weighted by Crippen LogP contribution is 2.34. The summed E-state index contributed by atoms with van der Waals surface area (Å²) >= 11 is 7.18. The summed E-state index contributed by atoms with van der Waals surface area (Å²) in [5, 5.41) is 1.42. The van der Waals surface area contributed by atoms with Crippen molar-refractivity contribution in [1.29, 1.82) is 0 Å². The summed E-state index contributed by atoms with van der Waals surface area (Å²) in [6, 6.07) is 25.4. The van der Waals surface area contributed by atoms with Crippen LogP contribution in [0.3, 0.4) is 0 Å². The van der Waals surface area contributed by atoms with Gasteiger partial charge in [0, 0.05) is 35.8 Å². The van der Waals surface area contributed by atoms with Crippen LogP contribution in [0.2, 0.25) is 5.02 Å². The number of hydrogen-bond donors (Lipinski definition) is 0. The van der Waals surface area contributed by atoms with Gasteiger partial charge in [-0.3, -0.25) is 14.5 Å². The van der Waals surface area contributed by atoms with E-state index in [0.717, 1.165) is 46.8 Å². The molecule has 3 aromatic carbocycles. The molecule has 0 radical (unpaired) electrons. The van der Waals surface area contributed by atoms with Gasteiger partial charge in [-0.1, -0.05) is 72.3 Å². The van der Waals surface area contributed by atoms with Crippen LogP contribution in [0.25, 0.3) is 17.0 Å². The average molecular weight is 517 g/mol. The third-order valence-corrected chi connectivity index (χ3v) is 7.30. The van der Waals surface area contributed by atoms with Crippen molar-refractivity contribution in [3.63, 3.8) is 0 Å². The highest BCUT2D eigenvalue weighted by molar-refractivity contribution is 8.18. The molecule has 0 atom stereocenters. The van der Waals surface area contributed by atoms with Crippen LogP contribution in [0.4, 0.5) is 4.79 Å². The first-order chi connectivity index (χ1) is 17.6. The molecule has 0 spiro atoms. The molecular formula is C29H25ClN2O3S. The maximum absolute atomic E-state index is 13.0. The summed E-state index contributed by atoms with van der Waals surface area (Å²) in [5.74, 6) is 0.450. The van der Waals surface area contributed by atoms with E-state index < -0.39 is 0 Å². The number of benzene rings is 3. The zero-order valence-corrected chi connectivity index (χ0v) is 21.2. The summed E-state index contributed by atoms with van der Waals surface area (Å²) in [4.78, 5) is 27.4. The van der Waals surface area contributed by atoms with Crippen LogP contribution in [-0.4, -0.2) is 33.8 Å². The number of aryl methyl sites for hydroxylation is 1. The molecule has 0 saturated carbocycles. The number of imide groups is 1. The quantitative estimate of drug-likeness (QED) is 0.177. The number of carbonyl (C=O) groups excluding carboxylic acids is 2. The fraction of sp³-hybridized carbons (Fsp3) is 0.172. The first-order valence-corrected chi connectivity index (χ1v) is 13.0. The number of nitrogens with zero attached hydrogens (tertiary/aromatic N) is 2. The number of rotatable bonds is 9. The van der Waals surface area contributed by atoms with Crippen molar-refractivity contribution in [2.75, 3.05) is 13.2 Å². The minimum Gasteiger partial charge on any atom is -0.492 e. The molecule has 0 unspecified atom stereocenters. The standard InChI is InChI=1S/C29H25ClN2O3S/c30-24-12-5-7-14-26(24)35-18-8-16-31-20-22(23-11-4-6-13-25(23)31)19-27-28(33)32(29(34)36-27)17-15-21-9-2-1-3-10-21/h1-7,9-14,19-20H,8,15-18H2/b27-19-. The molecule has 0 N–H and O–H groups in total. The van der Waals surface area contributed by atoms with E-state index in [2.05, 4.69) is 10.6 Å². The van der Waals surface area contributed by atoms with Crippen LogP contribution in [0, 0.1) is 0 Å². The Labute approximate surface area is 219 Å². The molecule has 1 saturated heterocycles. The minimum absolute atomic E-state index is 0.220. The number of fused-ring (bicyclic) bond motifs is 1. The molecule has 2 heterocycles. The highest BCUT2D eigenvalue weighted by atomic mass is 35.5. The van der Waals surface area contributed by atoms with Gasteiger partial charge in [-0.15, -0.1) is 0 Å². The van der Waals surface area contributed by atoms with Gasteiger partial charge in [-0.2, -0.15) is 0 Å². The normalized spacial score (nSPS) is 14.8. The molecule has 0 aliphatic carbocycles. The summed E-state index contributed by atoms with van der Waals surface area (Å²) in [7, 11) is 0. The molecule has 0 bridgehead atoms. The summed E-state index contributed by atoms with van der Waals surface area (Å²) in [5.41, 5.74) is 3.10. The number of para-hydroxylation sites is 2. The first kappa shape index (κ1) is 24.2. The monoisotopic (exact) mass is 516 g/mol. The second-order valence-electron chi connectivity index (χ2n) is 8.50. The summed E-state index contributed by atoms with van der Waals surface area (Å²) in [6.45, 7) is 1.66. The second kappa shape index (κ2) is 11.1. The summed E-state index contributed by atoms with van der Waals surface area (Å²) in [6.07, 6.45) is 5.31. The molecule has 1 aromatic heterocycles. The Morgan fingerprint density at radius 3 is 2.47 bits per heavy atom. The van der Waals surface area contributed by atoms with Crippen molar-refractivity contribution in [2.45, 2.75) is 19.4 Å². The number of hydrogen-bond acceptors (Lipinski definition) is 4. The van der Waals surface area contributed by atoms with Crippen molar-refractivity contribution in [1.82, 2.24) is 9.47 Å². The van der Waals surface area contributed by atoms with Crippen LogP contribution in [0.5, 0.6) is 5.75 Å². The van der Waals surface area contributed by atoms with Gasteiger partial charge < -0.3 is 9.30 Å². The maximum Gasteiger partial charge on any atom is 0.293 e. The Bertz CT molecular complexity index is 1430. The van der Waals surface area contributed by atoms with Crippen molar-refractivity contribution >= 4 is 51.5 Å². The van der Waals surface area contributed by atoms with E-state index in [-0.39, 0.29) is 11.1 Å². The third kappa shape index (κ3) is 5.35. The van der Waals surface area contributed by atoms with Crippen LogP contribution >= 0.6 is 23.4 Å². The number of aromatic nitrogens is 1. The van der Waals surface area contributed by atoms with Crippen LogP contribution in [-0.2, 0) is 17.8 Å². The molecule has 7 heteroatoms.